The van der Waals surface area contributed by atoms with Gasteiger partial charge in [0.05, 0.1) is 14.2 Å². The average Bonchev–Trinajstić information content (AvgIpc) is 3.04. The molecule has 7 heteroatoms. The first-order chi connectivity index (χ1) is 13.5. The van der Waals surface area contributed by atoms with Gasteiger partial charge in [0.1, 0.15) is 29.6 Å². The van der Waals surface area contributed by atoms with Gasteiger partial charge < -0.3 is 28.5 Å². The first-order valence-electron chi connectivity index (χ1n) is 8.45. The number of hydrogen-bond acceptors (Lipinski definition) is 6. The van der Waals surface area contributed by atoms with Crippen LogP contribution in [0.2, 0.25) is 0 Å². The molecule has 0 radical (unpaired) electrons. The molecule has 0 aliphatic rings. The molecule has 0 unspecified atom stereocenters. The van der Waals surface area contributed by atoms with E-state index in [9.17, 15) is 4.79 Å². The van der Waals surface area contributed by atoms with Gasteiger partial charge in [0.25, 0.3) is 5.95 Å². The molecule has 146 valence electrons. The van der Waals surface area contributed by atoms with E-state index in [-0.39, 0.29) is 12.6 Å². The third kappa shape index (κ3) is 4.37. The largest absolute Gasteiger partial charge is 0.513 e. The van der Waals surface area contributed by atoms with Gasteiger partial charge in [-0.2, -0.15) is 0 Å². The summed E-state index contributed by atoms with van der Waals surface area (Å²) in [5.74, 6) is 2.56. The Balaban J connectivity index is 1.70. The normalized spacial score (nSPS) is 10.4. The highest BCUT2D eigenvalue weighted by atomic mass is 16.7. The Morgan fingerprint density at radius 2 is 1.71 bits per heavy atom. The summed E-state index contributed by atoms with van der Waals surface area (Å²) in [5, 5.41) is 8.63. The van der Waals surface area contributed by atoms with Crippen LogP contribution < -0.4 is 18.9 Å². The van der Waals surface area contributed by atoms with E-state index in [1.54, 1.807) is 21.1 Å². The summed E-state index contributed by atoms with van der Waals surface area (Å²) in [5.41, 5.74) is 2.62. The van der Waals surface area contributed by atoms with E-state index in [4.69, 9.17) is 23.7 Å². The van der Waals surface area contributed by atoms with Crippen molar-refractivity contribution in [3.8, 4) is 34.3 Å². The van der Waals surface area contributed by atoms with Gasteiger partial charge in [0, 0.05) is 23.3 Å². The lowest BCUT2D eigenvalue weighted by Gasteiger charge is -2.11. The van der Waals surface area contributed by atoms with E-state index in [0.29, 0.717) is 22.8 Å². The van der Waals surface area contributed by atoms with Crippen LogP contribution in [0.1, 0.15) is 11.3 Å². The van der Waals surface area contributed by atoms with Crippen LogP contribution in [0.5, 0.6) is 23.2 Å². The Morgan fingerprint density at radius 3 is 2.36 bits per heavy atom. The van der Waals surface area contributed by atoms with Crippen LogP contribution in [0.25, 0.3) is 11.1 Å². The highest BCUT2D eigenvalue weighted by Gasteiger charge is 2.12. The molecule has 28 heavy (non-hydrogen) atoms. The number of hydrogen-bond donors (Lipinski definition) is 1. The van der Waals surface area contributed by atoms with Crippen LogP contribution >= 0.6 is 0 Å². The van der Waals surface area contributed by atoms with Crippen molar-refractivity contribution < 1.29 is 33.3 Å². The zero-order valence-corrected chi connectivity index (χ0v) is 15.7. The quantitative estimate of drug-likeness (QED) is 0.579. The summed E-state index contributed by atoms with van der Waals surface area (Å²) in [6.45, 7) is 1.94. The van der Waals surface area contributed by atoms with Gasteiger partial charge in [-0.3, -0.25) is 0 Å². The number of carboxylic acid groups (broad SMARTS) is 1. The Hall–Kier alpha value is -3.61. The summed E-state index contributed by atoms with van der Waals surface area (Å²) in [7, 11) is 3.23. The van der Waals surface area contributed by atoms with Crippen LogP contribution in [0.3, 0.4) is 0 Å². The van der Waals surface area contributed by atoms with Crippen molar-refractivity contribution >= 4 is 6.16 Å². The average molecular weight is 384 g/mol. The number of methoxy groups -OCH3 is 2. The molecular formula is C21H20O7. The molecule has 0 amide bonds. The number of furan rings is 1. The summed E-state index contributed by atoms with van der Waals surface area (Å²) < 4.78 is 26.2. The third-order valence-corrected chi connectivity index (χ3v) is 4.15. The molecule has 2 aromatic carbocycles. The molecule has 0 saturated heterocycles. The Kier molecular flexibility index (Phi) is 5.74. The maximum atomic E-state index is 10.6. The Labute approximate surface area is 162 Å². The molecule has 3 rings (SSSR count). The Morgan fingerprint density at radius 1 is 1.00 bits per heavy atom. The van der Waals surface area contributed by atoms with Crippen molar-refractivity contribution in [1.29, 1.82) is 0 Å². The highest BCUT2D eigenvalue weighted by molar-refractivity contribution is 5.72. The molecule has 0 fully saturated rings. The lowest BCUT2D eigenvalue weighted by atomic mass is 10.0. The number of rotatable bonds is 7. The fraction of sp³-hybridized carbons (Fsp3) is 0.190. The van der Waals surface area contributed by atoms with Crippen LogP contribution in [0.4, 0.5) is 4.79 Å². The fourth-order valence-electron chi connectivity index (χ4n) is 2.70. The van der Waals surface area contributed by atoms with Crippen molar-refractivity contribution in [2.24, 2.45) is 0 Å². The summed E-state index contributed by atoms with van der Waals surface area (Å²) >= 11 is 0. The minimum Gasteiger partial charge on any atom is -0.497 e. The maximum absolute atomic E-state index is 10.6. The molecular weight excluding hydrogens is 364 g/mol. The van der Waals surface area contributed by atoms with Crippen LogP contribution in [-0.4, -0.2) is 25.5 Å². The first-order valence-corrected chi connectivity index (χ1v) is 8.45. The van der Waals surface area contributed by atoms with Crippen molar-refractivity contribution in [2.45, 2.75) is 13.5 Å². The second-order valence-corrected chi connectivity index (χ2v) is 5.89. The van der Waals surface area contributed by atoms with Crippen LogP contribution in [0.15, 0.2) is 52.9 Å². The van der Waals surface area contributed by atoms with Gasteiger partial charge in [-0.1, -0.05) is 12.1 Å². The van der Waals surface area contributed by atoms with Gasteiger partial charge in [0.2, 0.25) is 0 Å². The minimum atomic E-state index is -1.43. The molecule has 0 bridgehead atoms. The summed E-state index contributed by atoms with van der Waals surface area (Å²) in [6, 6.07) is 14.7. The smallest absolute Gasteiger partial charge is 0.497 e. The summed E-state index contributed by atoms with van der Waals surface area (Å²) in [4.78, 5) is 10.6. The lowest BCUT2D eigenvalue weighted by Crippen LogP contribution is -2.01. The van der Waals surface area contributed by atoms with Crippen LogP contribution in [0, 0.1) is 6.92 Å². The fourth-order valence-corrected chi connectivity index (χ4v) is 2.70. The molecule has 0 aliphatic heterocycles. The van der Waals surface area contributed by atoms with E-state index in [1.807, 2.05) is 42.5 Å². The van der Waals surface area contributed by atoms with Gasteiger partial charge in [0.15, 0.2) is 0 Å². The molecule has 1 N–H and O–H groups in total. The topological polar surface area (TPSA) is 87.4 Å². The highest BCUT2D eigenvalue weighted by Crippen LogP contribution is 2.34. The van der Waals surface area contributed by atoms with Crippen molar-refractivity contribution in [3.63, 3.8) is 0 Å². The lowest BCUT2D eigenvalue weighted by molar-refractivity contribution is 0.132. The molecule has 0 saturated carbocycles. The van der Waals surface area contributed by atoms with E-state index < -0.39 is 6.16 Å². The monoisotopic (exact) mass is 384 g/mol. The number of aryl methyl sites for hydroxylation is 1. The maximum Gasteiger partial charge on any atom is 0.513 e. The minimum absolute atomic E-state index is 0.0782. The first kappa shape index (κ1) is 19.2. The Bertz CT molecular complexity index is 957. The molecule has 1 aromatic heterocycles. The van der Waals surface area contributed by atoms with Crippen LogP contribution in [-0.2, 0) is 6.61 Å². The van der Waals surface area contributed by atoms with Crippen molar-refractivity contribution in [2.75, 3.05) is 14.2 Å². The van der Waals surface area contributed by atoms with E-state index in [1.165, 1.54) is 6.07 Å². The zero-order chi connectivity index (χ0) is 20.1. The second kappa shape index (κ2) is 8.39. The molecule has 0 spiro atoms. The predicted molar refractivity (Wildman–Crippen MR) is 101 cm³/mol. The van der Waals surface area contributed by atoms with E-state index in [0.717, 1.165) is 16.9 Å². The third-order valence-electron chi connectivity index (χ3n) is 4.15. The number of carbonyl (C=O) groups is 1. The van der Waals surface area contributed by atoms with Gasteiger partial charge in [-0.15, -0.1) is 0 Å². The molecule has 0 aliphatic carbocycles. The zero-order valence-electron chi connectivity index (χ0n) is 15.7. The number of benzene rings is 2. The number of ether oxygens (including phenoxy) is 4. The van der Waals surface area contributed by atoms with Crippen molar-refractivity contribution in [3.05, 3.63) is 59.9 Å². The predicted octanol–water partition coefficient (Wildman–Crippen LogP) is 4.91. The summed E-state index contributed by atoms with van der Waals surface area (Å²) in [6.07, 6.45) is -1.43. The van der Waals surface area contributed by atoms with Gasteiger partial charge in [-0.25, -0.2) is 4.79 Å². The molecule has 7 nitrogen and oxygen atoms in total. The van der Waals surface area contributed by atoms with Gasteiger partial charge >= 0.3 is 6.16 Å². The van der Waals surface area contributed by atoms with E-state index in [2.05, 4.69) is 4.74 Å². The second-order valence-electron chi connectivity index (χ2n) is 5.89. The van der Waals surface area contributed by atoms with Gasteiger partial charge in [-0.05, 0) is 36.8 Å². The van der Waals surface area contributed by atoms with E-state index >= 15 is 0 Å². The SMILES string of the molecule is COc1ccc(-c2ccc(OCc3cc(OC(=O)O)oc3C)cc2)c(OC)c1. The molecule has 3 aromatic rings. The molecule has 0 atom stereocenters. The standard InChI is InChI=1S/C21H20O7/c1-13-15(10-20(27-13)28-21(22)23)12-26-16-6-4-14(5-7-16)18-9-8-17(24-2)11-19(18)25-3/h4-11H,12H2,1-3H3,(H,22,23). The molecule has 1 heterocycles. The van der Waals surface area contributed by atoms with Crippen molar-refractivity contribution in [1.82, 2.24) is 0 Å².